The van der Waals surface area contributed by atoms with E-state index in [1.807, 2.05) is 58.2 Å². The van der Waals surface area contributed by atoms with E-state index >= 15 is 0 Å². The number of amides is 3. The van der Waals surface area contributed by atoms with Gasteiger partial charge in [0.1, 0.15) is 17.7 Å². The number of hydrogen-bond donors (Lipinski definition) is 2. The fourth-order valence-corrected chi connectivity index (χ4v) is 3.74. The van der Waals surface area contributed by atoms with E-state index in [1.54, 1.807) is 38.6 Å². The zero-order valence-corrected chi connectivity index (χ0v) is 22.7. The molecule has 190 valence electrons. The summed E-state index contributed by atoms with van der Waals surface area (Å²) in [6, 6.07) is 5.79. The summed E-state index contributed by atoms with van der Waals surface area (Å²) in [5, 5.41) is 5.71. The van der Waals surface area contributed by atoms with E-state index < -0.39 is 29.3 Å². The molecule has 1 rings (SSSR count). The molecular weight excluding hydrogens is 450 g/mol. The van der Waals surface area contributed by atoms with E-state index in [0.29, 0.717) is 17.7 Å². The van der Waals surface area contributed by atoms with Crippen molar-refractivity contribution in [2.45, 2.75) is 78.1 Å². The van der Waals surface area contributed by atoms with Crippen molar-refractivity contribution in [3.05, 3.63) is 48.0 Å². The molecule has 0 aliphatic heterocycles. The van der Waals surface area contributed by atoms with Gasteiger partial charge in [0.2, 0.25) is 11.8 Å². The quantitative estimate of drug-likeness (QED) is 0.467. The molecular formula is C26H41N3O4S. The third-order valence-corrected chi connectivity index (χ3v) is 5.30. The third-order valence-electron chi connectivity index (χ3n) is 4.66. The van der Waals surface area contributed by atoms with Crippen LogP contribution in [-0.4, -0.2) is 58.5 Å². The lowest BCUT2D eigenvalue weighted by Gasteiger charge is -2.35. The fraction of sp³-hybridized carbons (Fsp3) is 0.577. The van der Waals surface area contributed by atoms with Crippen molar-refractivity contribution in [1.82, 2.24) is 15.5 Å². The van der Waals surface area contributed by atoms with Crippen LogP contribution in [0.15, 0.2) is 36.9 Å². The van der Waals surface area contributed by atoms with Gasteiger partial charge in [0.15, 0.2) is 0 Å². The molecule has 0 bridgehead atoms. The van der Waals surface area contributed by atoms with Crippen molar-refractivity contribution < 1.29 is 19.1 Å². The molecule has 1 aromatic carbocycles. The summed E-state index contributed by atoms with van der Waals surface area (Å²) >= 11 is 1.57. The van der Waals surface area contributed by atoms with Crippen LogP contribution in [0.4, 0.5) is 4.79 Å². The second kappa shape index (κ2) is 12.8. The highest BCUT2D eigenvalue weighted by molar-refractivity contribution is 7.98. The van der Waals surface area contributed by atoms with E-state index in [9.17, 15) is 14.4 Å². The minimum absolute atomic E-state index is 0.140. The van der Waals surface area contributed by atoms with Crippen molar-refractivity contribution in [3.63, 3.8) is 0 Å². The van der Waals surface area contributed by atoms with Gasteiger partial charge in [-0.1, -0.05) is 35.9 Å². The van der Waals surface area contributed by atoms with Gasteiger partial charge >= 0.3 is 6.09 Å². The fourth-order valence-electron chi connectivity index (χ4n) is 3.26. The van der Waals surface area contributed by atoms with E-state index in [0.717, 1.165) is 5.56 Å². The zero-order valence-electron chi connectivity index (χ0n) is 21.9. The van der Waals surface area contributed by atoms with Crippen molar-refractivity contribution in [2.24, 2.45) is 0 Å². The van der Waals surface area contributed by atoms with Crippen LogP contribution in [0.25, 0.3) is 0 Å². The van der Waals surface area contributed by atoms with Crippen LogP contribution in [0.5, 0.6) is 0 Å². The normalized spacial score (nSPS) is 13.4. The topological polar surface area (TPSA) is 87.7 Å². The smallest absolute Gasteiger partial charge is 0.408 e. The minimum atomic E-state index is -0.887. The number of alkyl carbamates (subject to hydrolysis) is 1. The summed E-state index contributed by atoms with van der Waals surface area (Å²) in [5.41, 5.74) is 0.540. The van der Waals surface area contributed by atoms with E-state index in [-0.39, 0.29) is 18.4 Å². The number of carbonyl (C=O) groups excluding carboxylic acids is 3. The standard InChI is InChI=1S/C26H41N3O4S/c1-10-16-29(23(31)20(15-17-34-9)27-24(32)33-26(6,7)8)21(22(30)28-25(3,4)5)19-13-11-18(2)12-14-19/h10-14,20-21H,1,15-17H2,2-9H3,(H,27,32)(H,28,30). The van der Waals surface area contributed by atoms with E-state index in [2.05, 4.69) is 17.2 Å². The highest BCUT2D eigenvalue weighted by Gasteiger charge is 2.36. The van der Waals surface area contributed by atoms with Gasteiger partial charge in [0.05, 0.1) is 0 Å². The Morgan fingerprint density at radius 3 is 2.18 bits per heavy atom. The van der Waals surface area contributed by atoms with Crippen molar-refractivity contribution in [1.29, 1.82) is 0 Å². The van der Waals surface area contributed by atoms with Gasteiger partial charge in [-0.3, -0.25) is 9.59 Å². The molecule has 7 nitrogen and oxygen atoms in total. The largest absolute Gasteiger partial charge is 0.444 e. The lowest BCUT2D eigenvalue weighted by Crippen LogP contribution is -2.54. The molecule has 1 aromatic rings. The lowest BCUT2D eigenvalue weighted by molar-refractivity contribution is -0.142. The summed E-state index contributed by atoms with van der Waals surface area (Å²) in [7, 11) is 0. The molecule has 3 amide bonds. The number of ether oxygens (including phenoxy) is 1. The van der Waals surface area contributed by atoms with Crippen molar-refractivity contribution in [2.75, 3.05) is 18.6 Å². The van der Waals surface area contributed by atoms with Gasteiger partial charge in [-0.15, -0.1) is 6.58 Å². The molecule has 0 saturated carbocycles. The molecule has 2 N–H and O–H groups in total. The summed E-state index contributed by atoms with van der Waals surface area (Å²) in [5.74, 6) is -0.0146. The predicted octanol–water partition coefficient (Wildman–Crippen LogP) is 4.61. The second-order valence-electron chi connectivity index (χ2n) is 10.3. The van der Waals surface area contributed by atoms with Crippen LogP contribution in [-0.2, 0) is 14.3 Å². The van der Waals surface area contributed by atoms with Crippen molar-refractivity contribution in [3.8, 4) is 0 Å². The first-order valence-corrected chi connectivity index (χ1v) is 12.9. The SMILES string of the molecule is C=CCN(C(=O)C(CCSC)NC(=O)OC(C)(C)C)C(C(=O)NC(C)(C)C)c1ccc(C)cc1. The predicted molar refractivity (Wildman–Crippen MR) is 140 cm³/mol. The Labute approximate surface area is 209 Å². The van der Waals surface area contributed by atoms with Gasteiger partial charge in [-0.2, -0.15) is 11.8 Å². The number of hydrogen-bond acceptors (Lipinski definition) is 5. The van der Waals surface area contributed by atoms with Crippen LogP contribution >= 0.6 is 11.8 Å². The Kier molecular flexibility index (Phi) is 11.2. The van der Waals surface area contributed by atoms with Crippen molar-refractivity contribution >= 4 is 29.7 Å². The molecule has 0 radical (unpaired) electrons. The van der Waals surface area contributed by atoms with Crippen LogP contribution in [0.3, 0.4) is 0 Å². The minimum Gasteiger partial charge on any atom is -0.444 e. The number of nitrogens with zero attached hydrogens (tertiary/aromatic N) is 1. The van der Waals surface area contributed by atoms with Crippen LogP contribution < -0.4 is 10.6 Å². The summed E-state index contributed by atoms with van der Waals surface area (Å²) in [6.07, 6.45) is 3.25. The maximum absolute atomic E-state index is 13.8. The maximum Gasteiger partial charge on any atom is 0.408 e. The summed E-state index contributed by atoms with van der Waals surface area (Å²) in [6.45, 7) is 16.9. The lowest BCUT2D eigenvalue weighted by atomic mass is 9.99. The average molecular weight is 492 g/mol. The maximum atomic E-state index is 13.8. The highest BCUT2D eigenvalue weighted by atomic mass is 32.2. The van der Waals surface area contributed by atoms with Gasteiger partial charge in [0.25, 0.3) is 0 Å². The Hall–Kier alpha value is -2.48. The molecule has 0 fully saturated rings. The molecule has 2 atom stereocenters. The zero-order chi connectivity index (χ0) is 26.1. The van der Waals surface area contributed by atoms with Crippen LogP contribution in [0.2, 0.25) is 0 Å². The average Bonchev–Trinajstić information content (AvgIpc) is 2.69. The number of aryl methyl sites for hydroxylation is 1. The third kappa shape index (κ3) is 10.2. The highest BCUT2D eigenvalue weighted by Crippen LogP contribution is 2.25. The molecule has 0 aromatic heterocycles. The van der Waals surface area contributed by atoms with Gasteiger partial charge in [-0.05, 0) is 72.5 Å². The molecule has 0 aliphatic rings. The molecule has 2 unspecified atom stereocenters. The molecule has 0 aliphatic carbocycles. The molecule has 0 saturated heterocycles. The van der Waals surface area contributed by atoms with Gasteiger partial charge in [0, 0.05) is 12.1 Å². The van der Waals surface area contributed by atoms with Gasteiger partial charge < -0.3 is 20.3 Å². The van der Waals surface area contributed by atoms with Crippen LogP contribution in [0, 0.1) is 6.92 Å². The Bertz CT molecular complexity index is 841. The first-order valence-electron chi connectivity index (χ1n) is 11.5. The first kappa shape index (κ1) is 29.6. The summed E-state index contributed by atoms with van der Waals surface area (Å²) < 4.78 is 5.38. The monoisotopic (exact) mass is 491 g/mol. The second-order valence-corrected chi connectivity index (χ2v) is 11.3. The van der Waals surface area contributed by atoms with E-state index in [1.165, 1.54) is 4.90 Å². The number of nitrogens with one attached hydrogen (secondary N) is 2. The van der Waals surface area contributed by atoms with E-state index in [4.69, 9.17) is 4.74 Å². The number of thioether (sulfide) groups is 1. The van der Waals surface area contributed by atoms with Crippen LogP contribution in [0.1, 0.15) is 65.1 Å². The summed E-state index contributed by atoms with van der Waals surface area (Å²) in [4.78, 5) is 41.2. The molecule has 0 spiro atoms. The Morgan fingerprint density at radius 2 is 1.71 bits per heavy atom. The Morgan fingerprint density at radius 1 is 1.12 bits per heavy atom. The first-order chi connectivity index (χ1) is 15.7. The molecule has 0 heterocycles. The Balaban J connectivity index is 3.41. The molecule has 8 heteroatoms. The number of benzene rings is 1. The molecule has 34 heavy (non-hydrogen) atoms. The van der Waals surface area contributed by atoms with Gasteiger partial charge in [-0.25, -0.2) is 4.79 Å². The number of rotatable bonds is 10. The number of carbonyl (C=O) groups is 3.